The summed E-state index contributed by atoms with van der Waals surface area (Å²) in [6, 6.07) is 10.7. The van der Waals surface area contributed by atoms with Gasteiger partial charge in [-0.2, -0.15) is 5.10 Å². The van der Waals surface area contributed by atoms with E-state index in [9.17, 15) is 4.79 Å². The molecule has 0 spiro atoms. The van der Waals surface area contributed by atoms with Crippen molar-refractivity contribution in [2.75, 3.05) is 7.11 Å². The summed E-state index contributed by atoms with van der Waals surface area (Å²) in [5, 5.41) is 5.08. The molecule has 0 saturated carbocycles. The van der Waals surface area contributed by atoms with Crippen molar-refractivity contribution in [1.29, 1.82) is 0 Å². The Morgan fingerprint density at radius 1 is 1.17 bits per heavy atom. The lowest BCUT2D eigenvalue weighted by molar-refractivity contribution is 0.104. The molecule has 7 heteroatoms. The SMILES string of the molecule is COc1ccc(/C=C/C(=O)c2cnn(C)c2C)cc1COc1ccc(Cl)cc1Cl. The number of methoxy groups -OCH3 is 1. The van der Waals surface area contributed by atoms with Crippen molar-refractivity contribution in [2.24, 2.45) is 7.05 Å². The third-order valence-electron chi connectivity index (χ3n) is 4.51. The number of hydrogen-bond acceptors (Lipinski definition) is 4. The minimum Gasteiger partial charge on any atom is -0.496 e. The summed E-state index contributed by atoms with van der Waals surface area (Å²) < 4.78 is 12.9. The highest BCUT2D eigenvalue weighted by Gasteiger charge is 2.11. The molecule has 0 amide bonds. The fraction of sp³-hybridized carbons (Fsp3) is 0.182. The van der Waals surface area contributed by atoms with Crippen LogP contribution in [0.4, 0.5) is 0 Å². The molecule has 0 aliphatic rings. The molecule has 3 rings (SSSR count). The van der Waals surface area contributed by atoms with Crippen molar-refractivity contribution in [3.05, 3.63) is 81.1 Å². The zero-order valence-corrected chi connectivity index (χ0v) is 17.8. The Kier molecular flexibility index (Phi) is 6.62. The Morgan fingerprint density at radius 3 is 2.59 bits per heavy atom. The summed E-state index contributed by atoms with van der Waals surface area (Å²) in [4.78, 5) is 12.4. The molecule has 150 valence electrons. The maximum atomic E-state index is 12.4. The molecule has 0 unspecified atom stereocenters. The Bertz CT molecular complexity index is 1070. The summed E-state index contributed by atoms with van der Waals surface area (Å²) in [7, 11) is 3.40. The average Bonchev–Trinajstić information content (AvgIpc) is 3.04. The van der Waals surface area contributed by atoms with Crippen LogP contribution in [-0.4, -0.2) is 22.7 Å². The molecule has 2 aromatic carbocycles. The van der Waals surface area contributed by atoms with E-state index in [1.54, 1.807) is 49.3 Å². The van der Waals surface area contributed by atoms with Crippen LogP contribution in [0.2, 0.25) is 10.0 Å². The first-order valence-electron chi connectivity index (χ1n) is 8.85. The minimum absolute atomic E-state index is 0.0998. The summed E-state index contributed by atoms with van der Waals surface area (Å²) in [5.74, 6) is 1.11. The van der Waals surface area contributed by atoms with E-state index in [0.717, 1.165) is 16.8 Å². The van der Waals surface area contributed by atoms with Gasteiger partial charge in [0.25, 0.3) is 0 Å². The van der Waals surface area contributed by atoms with E-state index in [0.29, 0.717) is 27.1 Å². The van der Waals surface area contributed by atoms with Gasteiger partial charge < -0.3 is 9.47 Å². The Balaban J connectivity index is 1.77. The highest BCUT2D eigenvalue weighted by Crippen LogP contribution is 2.29. The molecule has 0 N–H and O–H groups in total. The zero-order valence-electron chi connectivity index (χ0n) is 16.3. The third-order valence-corrected chi connectivity index (χ3v) is 5.04. The average molecular weight is 431 g/mol. The van der Waals surface area contributed by atoms with Crippen LogP contribution in [0.1, 0.15) is 27.2 Å². The first kappa shape index (κ1) is 21.0. The second-order valence-corrected chi connectivity index (χ2v) is 7.24. The van der Waals surface area contributed by atoms with E-state index in [1.165, 1.54) is 6.08 Å². The van der Waals surface area contributed by atoms with Crippen LogP contribution in [0.5, 0.6) is 11.5 Å². The number of allylic oxidation sites excluding steroid dienone is 1. The van der Waals surface area contributed by atoms with E-state index in [-0.39, 0.29) is 12.4 Å². The lowest BCUT2D eigenvalue weighted by Crippen LogP contribution is -2.00. The van der Waals surface area contributed by atoms with Gasteiger partial charge in [0.05, 0.1) is 23.9 Å². The number of hydrogen-bond donors (Lipinski definition) is 0. The molecule has 29 heavy (non-hydrogen) atoms. The monoisotopic (exact) mass is 430 g/mol. The standard InChI is InChI=1S/C22H20Cl2N2O3/c1-14-18(12-25-26(14)2)20(27)7-4-15-5-8-21(28-3)16(10-15)13-29-22-9-6-17(23)11-19(22)24/h4-12H,13H2,1-3H3/b7-4+. The third kappa shape index (κ3) is 5.00. The first-order chi connectivity index (χ1) is 13.9. The number of aromatic nitrogens is 2. The van der Waals surface area contributed by atoms with Crippen LogP contribution in [0.25, 0.3) is 6.08 Å². The molecular weight excluding hydrogens is 411 g/mol. The molecule has 0 aliphatic heterocycles. The Hall–Kier alpha value is -2.76. The van der Waals surface area contributed by atoms with E-state index in [2.05, 4.69) is 5.10 Å². The van der Waals surface area contributed by atoms with Gasteiger partial charge in [-0.05, 0) is 48.9 Å². The fourth-order valence-corrected chi connectivity index (χ4v) is 3.23. The molecular formula is C22H20Cl2N2O3. The number of carbonyl (C=O) groups is 1. The molecule has 0 atom stereocenters. The quantitative estimate of drug-likeness (QED) is 0.365. The van der Waals surface area contributed by atoms with E-state index in [4.69, 9.17) is 32.7 Å². The first-order valence-corrected chi connectivity index (χ1v) is 9.60. The van der Waals surface area contributed by atoms with Crippen molar-refractivity contribution in [2.45, 2.75) is 13.5 Å². The van der Waals surface area contributed by atoms with Crippen LogP contribution in [-0.2, 0) is 13.7 Å². The molecule has 1 heterocycles. The summed E-state index contributed by atoms with van der Waals surface area (Å²) in [5.41, 5.74) is 3.08. The number of carbonyl (C=O) groups excluding carboxylic acids is 1. The highest BCUT2D eigenvalue weighted by atomic mass is 35.5. The van der Waals surface area contributed by atoms with Gasteiger partial charge in [-0.15, -0.1) is 0 Å². The number of aryl methyl sites for hydroxylation is 1. The molecule has 1 aromatic heterocycles. The normalized spacial score (nSPS) is 11.1. The highest BCUT2D eigenvalue weighted by molar-refractivity contribution is 6.35. The second kappa shape index (κ2) is 9.16. The second-order valence-electron chi connectivity index (χ2n) is 6.40. The lowest BCUT2D eigenvalue weighted by atomic mass is 10.1. The fourth-order valence-electron chi connectivity index (χ4n) is 2.77. The molecule has 0 fully saturated rings. The van der Waals surface area contributed by atoms with E-state index < -0.39 is 0 Å². The van der Waals surface area contributed by atoms with Crippen LogP contribution >= 0.6 is 23.2 Å². The van der Waals surface area contributed by atoms with E-state index in [1.807, 2.05) is 25.1 Å². The number of benzene rings is 2. The van der Waals surface area contributed by atoms with Gasteiger partial charge in [0.15, 0.2) is 5.78 Å². The van der Waals surface area contributed by atoms with Crippen LogP contribution in [0.15, 0.2) is 48.7 Å². The number of rotatable bonds is 7. The summed E-state index contributed by atoms with van der Waals surface area (Å²) in [6.07, 6.45) is 4.87. The Morgan fingerprint density at radius 2 is 1.93 bits per heavy atom. The maximum Gasteiger partial charge on any atom is 0.189 e. The molecule has 0 bridgehead atoms. The van der Waals surface area contributed by atoms with Crippen molar-refractivity contribution in [3.63, 3.8) is 0 Å². The zero-order chi connectivity index (χ0) is 21.0. The molecule has 5 nitrogen and oxygen atoms in total. The summed E-state index contributed by atoms with van der Waals surface area (Å²) >= 11 is 12.1. The van der Waals surface area contributed by atoms with Gasteiger partial charge in [-0.3, -0.25) is 9.48 Å². The maximum absolute atomic E-state index is 12.4. The minimum atomic E-state index is -0.0998. The van der Waals surface area contributed by atoms with Gasteiger partial charge in [0.2, 0.25) is 0 Å². The Labute approximate surface area is 179 Å². The van der Waals surface area contributed by atoms with Gasteiger partial charge in [0.1, 0.15) is 18.1 Å². The van der Waals surface area contributed by atoms with Crippen molar-refractivity contribution in [3.8, 4) is 11.5 Å². The van der Waals surface area contributed by atoms with Crippen molar-refractivity contribution < 1.29 is 14.3 Å². The van der Waals surface area contributed by atoms with Crippen LogP contribution in [0.3, 0.4) is 0 Å². The van der Waals surface area contributed by atoms with E-state index >= 15 is 0 Å². The summed E-state index contributed by atoms with van der Waals surface area (Å²) in [6.45, 7) is 2.11. The van der Waals surface area contributed by atoms with Gasteiger partial charge in [-0.25, -0.2) is 0 Å². The number of ketones is 1. The molecule has 3 aromatic rings. The van der Waals surface area contributed by atoms with Gasteiger partial charge >= 0.3 is 0 Å². The number of halogens is 2. The topological polar surface area (TPSA) is 53.3 Å². The smallest absolute Gasteiger partial charge is 0.189 e. The van der Waals surface area contributed by atoms with Crippen LogP contribution in [0, 0.1) is 6.92 Å². The molecule has 0 aliphatic carbocycles. The number of nitrogens with zero attached hydrogens (tertiary/aromatic N) is 2. The molecule has 0 radical (unpaired) electrons. The number of ether oxygens (including phenoxy) is 2. The van der Waals surface area contributed by atoms with Gasteiger partial charge in [-0.1, -0.05) is 35.3 Å². The van der Waals surface area contributed by atoms with Crippen molar-refractivity contribution >= 4 is 35.1 Å². The van der Waals surface area contributed by atoms with Crippen LogP contribution < -0.4 is 9.47 Å². The van der Waals surface area contributed by atoms with Crippen molar-refractivity contribution in [1.82, 2.24) is 9.78 Å². The predicted octanol–water partition coefficient (Wildman–Crippen LogP) is 5.52. The largest absolute Gasteiger partial charge is 0.496 e. The predicted molar refractivity (Wildman–Crippen MR) is 115 cm³/mol. The van der Waals surface area contributed by atoms with Gasteiger partial charge in [0, 0.05) is 23.3 Å². The lowest BCUT2D eigenvalue weighted by Gasteiger charge is -2.12. The molecule has 0 saturated heterocycles.